The Bertz CT molecular complexity index is 773. The van der Waals surface area contributed by atoms with E-state index in [1.165, 1.54) is 0 Å². The van der Waals surface area contributed by atoms with Crippen molar-refractivity contribution in [1.29, 1.82) is 0 Å². The highest BCUT2D eigenvalue weighted by Gasteiger charge is 2.14. The summed E-state index contributed by atoms with van der Waals surface area (Å²) in [6.45, 7) is 11.2. The molecule has 0 aliphatic rings. The molecule has 3 nitrogen and oxygen atoms in total. The van der Waals surface area contributed by atoms with Gasteiger partial charge in [-0.05, 0) is 49.9 Å². The van der Waals surface area contributed by atoms with E-state index in [1.807, 2.05) is 52.0 Å². The molecule has 0 spiro atoms. The molecule has 0 amide bonds. The normalized spacial score (nSPS) is 10.4. The molecular formula is C20H22O3. The van der Waals surface area contributed by atoms with E-state index in [9.17, 15) is 9.90 Å². The van der Waals surface area contributed by atoms with Gasteiger partial charge in [0.15, 0.2) is 0 Å². The zero-order valence-electron chi connectivity index (χ0n) is 14.1. The fraction of sp³-hybridized carbons (Fsp3) is 0.250. The number of hydrogen-bond acceptors (Lipinski definition) is 3. The van der Waals surface area contributed by atoms with Gasteiger partial charge in [-0.25, -0.2) is 4.79 Å². The lowest BCUT2D eigenvalue weighted by Crippen LogP contribution is -2.08. The molecule has 0 saturated heterocycles. The summed E-state index contributed by atoms with van der Waals surface area (Å²) in [6, 6.07) is 7.85. The first-order valence-corrected chi connectivity index (χ1v) is 7.55. The summed E-state index contributed by atoms with van der Waals surface area (Å²) in [5, 5.41) is 10.3. The van der Waals surface area contributed by atoms with Crippen molar-refractivity contribution >= 4 is 5.97 Å². The third kappa shape index (κ3) is 3.81. The minimum absolute atomic E-state index is 0.288. The second-order valence-corrected chi connectivity index (χ2v) is 5.96. The maximum Gasteiger partial charge on any atom is 0.335 e. The predicted octanol–water partition coefficient (Wildman–Crippen LogP) is 4.31. The number of aromatic hydroxyl groups is 1. The highest BCUT2D eigenvalue weighted by Crippen LogP contribution is 2.32. The summed E-state index contributed by atoms with van der Waals surface area (Å²) < 4.78 is 5.41. The van der Waals surface area contributed by atoms with Gasteiger partial charge in [0.1, 0.15) is 11.5 Å². The molecule has 0 bridgehead atoms. The van der Waals surface area contributed by atoms with Crippen molar-refractivity contribution in [3.05, 3.63) is 70.3 Å². The number of carbonyl (C=O) groups excluding carboxylic acids is 1. The van der Waals surface area contributed by atoms with Crippen LogP contribution in [-0.2, 0) is 11.2 Å². The quantitative estimate of drug-likeness (QED) is 0.520. The van der Waals surface area contributed by atoms with E-state index in [1.54, 1.807) is 0 Å². The lowest BCUT2D eigenvalue weighted by molar-refractivity contribution is -0.129. The van der Waals surface area contributed by atoms with Gasteiger partial charge in [-0.15, -0.1) is 0 Å². The Hall–Kier alpha value is -2.55. The first-order valence-electron chi connectivity index (χ1n) is 7.55. The van der Waals surface area contributed by atoms with Crippen LogP contribution in [0.15, 0.2) is 36.9 Å². The molecular weight excluding hydrogens is 288 g/mol. The van der Waals surface area contributed by atoms with Crippen LogP contribution in [0.25, 0.3) is 0 Å². The Labute approximate surface area is 137 Å². The number of esters is 1. The van der Waals surface area contributed by atoms with Crippen LogP contribution in [0.2, 0.25) is 0 Å². The topological polar surface area (TPSA) is 46.5 Å². The first-order chi connectivity index (χ1) is 10.8. The van der Waals surface area contributed by atoms with E-state index in [4.69, 9.17) is 4.74 Å². The van der Waals surface area contributed by atoms with Crippen molar-refractivity contribution in [2.75, 3.05) is 0 Å². The van der Waals surface area contributed by atoms with Gasteiger partial charge in [0, 0.05) is 12.5 Å². The molecule has 0 aliphatic heterocycles. The van der Waals surface area contributed by atoms with Crippen molar-refractivity contribution in [3.8, 4) is 11.5 Å². The van der Waals surface area contributed by atoms with Gasteiger partial charge in [-0.2, -0.15) is 0 Å². The fourth-order valence-corrected chi connectivity index (χ4v) is 2.85. The highest BCUT2D eigenvalue weighted by atomic mass is 16.5. The second kappa shape index (κ2) is 6.69. The molecule has 0 atom stereocenters. The lowest BCUT2D eigenvalue weighted by atomic mass is 9.96. The SMILES string of the molecule is C=CC(=O)Oc1c(C)cc(C)cc1Cc1cc(C)cc(C)c1O. The van der Waals surface area contributed by atoms with Crippen LogP contribution in [0.5, 0.6) is 11.5 Å². The van der Waals surface area contributed by atoms with Crippen LogP contribution in [0.4, 0.5) is 0 Å². The molecule has 0 aromatic heterocycles. The van der Waals surface area contributed by atoms with Crippen molar-refractivity contribution in [1.82, 2.24) is 0 Å². The van der Waals surface area contributed by atoms with Crippen molar-refractivity contribution < 1.29 is 14.6 Å². The molecule has 120 valence electrons. The number of phenolic OH excluding ortho intramolecular Hbond substituents is 1. The van der Waals surface area contributed by atoms with Crippen LogP contribution in [0.1, 0.15) is 33.4 Å². The van der Waals surface area contributed by atoms with Crippen LogP contribution in [-0.4, -0.2) is 11.1 Å². The summed E-state index contributed by atoms with van der Waals surface area (Å²) in [7, 11) is 0. The standard InChI is InChI=1S/C20H22O3/c1-6-18(21)23-20-15(5)8-13(3)10-17(20)11-16-9-12(2)7-14(4)19(16)22/h6-10,22H,1,11H2,2-5H3. The maximum absolute atomic E-state index is 11.6. The number of benzene rings is 2. The zero-order valence-corrected chi connectivity index (χ0v) is 14.1. The Kier molecular flexibility index (Phi) is 4.89. The number of aryl methyl sites for hydroxylation is 4. The largest absolute Gasteiger partial charge is 0.507 e. The Morgan fingerprint density at radius 3 is 2.22 bits per heavy atom. The third-order valence-electron chi connectivity index (χ3n) is 3.77. The van der Waals surface area contributed by atoms with E-state index >= 15 is 0 Å². The molecule has 0 aliphatic carbocycles. The van der Waals surface area contributed by atoms with Crippen molar-refractivity contribution in [2.45, 2.75) is 34.1 Å². The molecule has 0 radical (unpaired) electrons. The summed E-state index contributed by atoms with van der Waals surface area (Å²) in [6.07, 6.45) is 1.65. The van der Waals surface area contributed by atoms with E-state index in [2.05, 4.69) is 6.58 Å². The minimum Gasteiger partial charge on any atom is -0.507 e. The number of carbonyl (C=O) groups is 1. The van der Waals surface area contributed by atoms with Gasteiger partial charge in [-0.1, -0.05) is 42.0 Å². The summed E-state index contributed by atoms with van der Waals surface area (Å²) in [4.78, 5) is 11.6. The lowest BCUT2D eigenvalue weighted by Gasteiger charge is -2.15. The molecule has 0 saturated carbocycles. The summed E-state index contributed by atoms with van der Waals surface area (Å²) >= 11 is 0. The first kappa shape index (κ1) is 16.8. The highest BCUT2D eigenvalue weighted by molar-refractivity contribution is 5.84. The van der Waals surface area contributed by atoms with Gasteiger partial charge in [-0.3, -0.25) is 0 Å². The zero-order chi connectivity index (χ0) is 17.1. The van der Waals surface area contributed by atoms with Crippen LogP contribution in [0.3, 0.4) is 0 Å². The third-order valence-corrected chi connectivity index (χ3v) is 3.77. The fourth-order valence-electron chi connectivity index (χ4n) is 2.85. The van der Waals surface area contributed by atoms with Gasteiger partial charge in [0.05, 0.1) is 0 Å². The van der Waals surface area contributed by atoms with E-state index in [0.29, 0.717) is 12.2 Å². The van der Waals surface area contributed by atoms with E-state index < -0.39 is 5.97 Å². The molecule has 2 aromatic carbocycles. The predicted molar refractivity (Wildman–Crippen MR) is 92.1 cm³/mol. The van der Waals surface area contributed by atoms with Crippen molar-refractivity contribution in [2.24, 2.45) is 0 Å². The number of rotatable bonds is 4. The molecule has 0 unspecified atom stereocenters. The molecule has 3 heteroatoms. The van der Waals surface area contributed by atoms with E-state index in [0.717, 1.165) is 39.5 Å². The average molecular weight is 310 g/mol. The maximum atomic E-state index is 11.6. The molecule has 0 heterocycles. The smallest absolute Gasteiger partial charge is 0.335 e. The van der Waals surface area contributed by atoms with Gasteiger partial charge >= 0.3 is 5.97 Å². The van der Waals surface area contributed by atoms with Crippen LogP contribution in [0, 0.1) is 27.7 Å². The summed E-state index contributed by atoms with van der Waals surface area (Å²) in [5.41, 5.74) is 5.60. The Morgan fingerprint density at radius 2 is 1.61 bits per heavy atom. The van der Waals surface area contributed by atoms with Gasteiger partial charge < -0.3 is 9.84 Å². The Morgan fingerprint density at radius 1 is 1.04 bits per heavy atom. The Balaban J connectivity index is 2.51. The monoisotopic (exact) mass is 310 g/mol. The van der Waals surface area contributed by atoms with Gasteiger partial charge in [0.2, 0.25) is 0 Å². The summed E-state index contributed by atoms with van der Waals surface area (Å²) in [5.74, 6) is 0.345. The number of phenols is 1. The number of hydrogen-bond donors (Lipinski definition) is 1. The van der Waals surface area contributed by atoms with Crippen molar-refractivity contribution in [3.63, 3.8) is 0 Å². The van der Waals surface area contributed by atoms with E-state index in [-0.39, 0.29) is 5.75 Å². The number of ether oxygens (including phenoxy) is 1. The second-order valence-electron chi connectivity index (χ2n) is 5.96. The average Bonchev–Trinajstić information content (AvgIpc) is 2.47. The molecule has 23 heavy (non-hydrogen) atoms. The van der Waals surface area contributed by atoms with Crippen LogP contribution < -0.4 is 4.74 Å². The van der Waals surface area contributed by atoms with Gasteiger partial charge in [0.25, 0.3) is 0 Å². The molecule has 2 aromatic rings. The molecule has 0 fully saturated rings. The minimum atomic E-state index is -0.483. The van der Waals surface area contributed by atoms with Crippen LogP contribution >= 0.6 is 0 Å². The molecule has 2 rings (SSSR count). The molecule has 1 N–H and O–H groups in total.